The summed E-state index contributed by atoms with van der Waals surface area (Å²) in [7, 11) is 0. The summed E-state index contributed by atoms with van der Waals surface area (Å²) in [6.45, 7) is 0. The molecule has 1 saturated carbocycles. The van der Waals surface area contributed by atoms with Gasteiger partial charge in [0.15, 0.2) is 11.6 Å². The number of benzene rings is 1. The fraction of sp³-hybridized carbons (Fsp3) is 0.600. The van der Waals surface area contributed by atoms with Crippen molar-refractivity contribution in [3.8, 4) is 0 Å². The summed E-state index contributed by atoms with van der Waals surface area (Å²) in [5, 5.41) is 0. The van der Waals surface area contributed by atoms with E-state index in [1.807, 2.05) is 0 Å². The van der Waals surface area contributed by atoms with Crippen molar-refractivity contribution in [1.29, 1.82) is 0 Å². The van der Waals surface area contributed by atoms with Crippen LogP contribution in [-0.2, 0) is 0 Å². The van der Waals surface area contributed by atoms with E-state index in [9.17, 15) is 13.2 Å². The standard InChI is InChI=1S/C15H20F3N/c16-12-9-14(18)13(17)8-11(12)15(19)7-10-5-3-1-2-4-6-10/h8-10,15H,1-7,19H2. The highest BCUT2D eigenvalue weighted by atomic mass is 19.2. The molecule has 0 amide bonds. The number of nitrogens with two attached hydrogens (primary N) is 1. The van der Waals surface area contributed by atoms with Crippen molar-refractivity contribution in [2.75, 3.05) is 0 Å². The number of hydrogen-bond acceptors (Lipinski definition) is 1. The minimum atomic E-state index is -1.16. The largest absolute Gasteiger partial charge is 0.324 e. The van der Waals surface area contributed by atoms with Crippen LogP contribution in [0.2, 0.25) is 0 Å². The monoisotopic (exact) mass is 271 g/mol. The predicted octanol–water partition coefficient (Wildman–Crippen LogP) is 4.46. The smallest absolute Gasteiger partial charge is 0.161 e. The van der Waals surface area contributed by atoms with Gasteiger partial charge in [0.05, 0.1) is 0 Å². The van der Waals surface area contributed by atoms with Crippen LogP contribution in [0.4, 0.5) is 13.2 Å². The van der Waals surface area contributed by atoms with Gasteiger partial charge >= 0.3 is 0 Å². The summed E-state index contributed by atoms with van der Waals surface area (Å²) in [5.74, 6) is -2.49. The van der Waals surface area contributed by atoms with Crippen molar-refractivity contribution < 1.29 is 13.2 Å². The molecule has 2 rings (SSSR count). The van der Waals surface area contributed by atoms with Gasteiger partial charge in [0.1, 0.15) is 5.82 Å². The third-order valence-corrected chi connectivity index (χ3v) is 4.00. The molecule has 0 aromatic heterocycles. The van der Waals surface area contributed by atoms with Gasteiger partial charge in [-0.25, -0.2) is 13.2 Å². The third-order valence-electron chi connectivity index (χ3n) is 4.00. The van der Waals surface area contributed by atoms with E-state index in [1.54, 1.807) is 0 Å². The summed E-state index contributed by atoms with van der Waals surface area (Å²) >= 11 is 0. The Bertz CT molecular complexity index is 426. The van der Waals surface area contributed by atoms with Crippen LogP contribution in [0.1, 0.15) is 56.6 Å². The number of rotatable bonds is 3. The van der Waals surface area contributed by atoms with E-state index >= 15 is 0 Å². The van der Waals surface area contributed by atoms with Crippen LogP contribution >= 0.6 is 0 Å². The quantitative estimate of drug-likeness (QED) is 0.637. The zero-order valence-corrected chi connectivity index (χ0v) is 11.0. The van der Waals surface area contributed by atoms with Crippen LogP contribution in [0.5, 0.6) is 0 Å². The summed E-state index contributed by atoms with van der Waals surface area (Å²) in [6.07, 6.45) is 7.67. The molecule has 4 heteroatoms. The Balaban J connectivity index is 2.06. The van der Waals surface area contributed by atoms with Crippen LogP contribution in [0, 0.1) is 23.4 Å². The van der Waals surface area contributed by atoms with Gasteiger partial charge in [0.2, 0.25) is 0 Å². The molecule has 106 valence electrons. The van der Waals surface area contributed by atoms with Crippen LogP contribution in [0.15, 0.2) is 12.1 Å². The van der Waals surface area contributed by atoms with Crippen LogP contribution in [0.3, 0.4) is 0 Å². The third kappa shape index (κ3) is 3.72. The Morgan fingerprint density at radius 2 is 1.53 bits per heavy atom. The van der Waals surface area contributed by atoms with E-state index in [2.05, 4.69) is 0 Å². The van der Waals surface area contributed by atoms with Crippen molar-refractivity contribution in [2.24, 2.45) is 11.7 Å². The van der Waals surface area contributed by atoms with E-state index in [0.29, 0.717) is 18.4 Å². The Labute approximate surface area is 112 Å². The van der Waals surface area contributed by atoms with Gasteiger partial charge in [0, 0.05) is 17.7 Å². The molecular formula is C15H20F3N. The summed E-state index contributed by atoms with van der Waals surface area (Å²) in [6, 6.07) is 0.919. The van der Waals surface area contributed by atoms with E-state index in [-0.39, 0.29) is 5.56 Å². The highest BCUT2D eigenvalue weighted by Crippen LogP contribution is 2.31. The second-order valence-corrected chi connectivity index (χ2v) is 5.49. The number of hydrogen-bond donors (Lipinski definition) is 1. The average Bonchev–Trinajstić information content (AvgIpc) is 2.62. The molecule has 1 aliphatic carbocycles. The lowest BCUT2D eigenvalue weighted by molar-refractivity contribution is 0.384. The topological polar surface area (TPSA) is 26.0 Å². The van der Waals surface area contributed by atoms with E-state index < -0.39 is 23.5 Å². The summed E-state index contributed by atoms with van der Waals surface area (Å²) in [4.78, 5) is 0. The van der Waals surface area contributed by atoms with Crippen molar-refractivity contribution in [3.05, 3.63) is 35.1 Å². The maximum Gasteiger partial charge on any atom is 0.161 e. The summed E-state index contributed by atoms with van der Waals surface area (Å²) in [5.41, 5.74) is 6.05. The molecule has 0 aliphatic heterocycles. The fourth-order valence-electron chi connectivity index (χ4n) is 2.91. The maximum absolute atomic E-state index is 13.6. The van der Waals surface area contributed by atoms with Crippen molar-refractivity contribution in [3.63, 3.8) is 0 Å². The lowest BCUT2D eigenvalue weighted by Crippen LogP contribution is -2.17. The van der Waals surface area contributed by atoms with E-state index in [4.69, 9.17) is 5.73 Å². The minimum Gasteiger partial charge on any atom is -0.324 e. The van der Waals surface area contributed by atoms with E-state index in [1.165, 1.54) is 25.7 Å². The number of halogens is 3. The molecule has 1 fully saturated rings. The van der Waals surface area contributed by atoms with Crippen LogP contribution in [-0.4, -0.2) is 0 Å². The molecule has 0 saturated heterocycles. The lowest BCUT2D eigenvalue weighted by Gasteiger charge is -2.20. The molecule has 1 aliphatic rings. The zero-order valence-electron chi connectivity index (χ0n) is 11.0. The Kier molecular flexibility index (Phi) is 4.86. The second kappa shape index (κ2) is 6.42. The SMILES string of the molecule is NC(CC1CCCCCC1)c1cc(F)c(F)cc1F. The van der Waals surface area contributed by atoms with Gasteiger partial charge in [-0.3, -0.25) is 0 Å². The molecular weight excluding hydrogens is 251 g/mol. The van der Waals surface area contributed by atoms with Gasteiger partial charge in [-0.1, -0.05) is 38.5 Å². The Hall–Kier alpha value is -1.03. The minimum absolute atomic E-state index is 0.0862. The first kappa shape index (κ1) is 14.4. The van der Waals surface area contributed by atoms with Gasteiger partial charge in [0.25, 0.3) is 0 Å². The zero-order chi connectivity index (χ0) is 13.8. The molecule has 1 atom stereocenters. The van der Waals surface area contributed by atoms with Crippen molar-refractivity contribution >= 4 is 0 Å². The first-order chi connectivity index (χ1) is 9.08. The molecule has 1 unspecified atom stereocenters. The van der Waals surface area contributed by atoms with Gasteiger partial charge in [-0.2, -0.15) is 0 Å². The maximum atomic E-state index is 13.6. The van der Waals surface area contributed by atoms with Crippen LogP contribution < -0.4 is 5.73 Å². The molecule has 19 heavy (non-hydrogen) atoms. The highest BCUT2D eigenvalue weighted by molar-refractivity contribution is 5.23. The normalized spacial score (nSPS) is 19.2. The van der Waals surface area contributed by atoms with Gasteiger partial charge in [-0.15, -0.1) is 0 Å². The molecule has 1 nitrogen and oxygen atoms in total. The first-order valence-electron chi connectivity index (χ1n) is 6.98. The molecule has 1 aromatic carbocycles. The van der Waals surface area contributed by atoms with Gasteiger partial charge in [-0.05, 0) is 18.4 Å². The van der Waals surface area contributed by atoms with Gasteiger partial charge < -0.3 is 5.73 Å². The second-order valence-electron chi connectivity index (χ2n) is 5.49. The Morgan fingerprint density at radius 1 is 0.947 bits per heavy atom. The fourth-order valence-corrected chi connectivity index (χ4v) is 2.91. The van der Waals surface area contributed by atoms with Crippen LogP contribution in [0.25, 0.3) is 0 Å². The molecule has 1 aromatic rings. The first-order valence-corrected chi connectivity index (χ1v) is 6.98. The molecule has 0 heterocycles. The van der Waals surface area contributed by atoms with Crippen molar-refractivity contribution in [1.82, 2.24) is 0 Å². The summed E-state index contributed by atoms with van der Waals surface area (Å²) < 4.78 is 39.7. The Morgan fingerprint density at radius 3 is 2.16 bits per heavy atom. The predicted molar refractivity (Wildman–Crippen MR) is 69.1 cm³/mol. The molecule has 0 radical (unpaired) electrons. The lowest BCUT2D eigenvalue weighted by atomic mass is 9.90. The molecule has 0 spiro atoms. The van der Waals surface area contributed by atoms with Crippen molar-refractivity contribution in [2.45, 2.75) is 51.0 Å². The molecule has 2 N–H and O–H groups in total. The average molecular weight is 271 g/mol. The molecule has 0 bridgehead atoms. The van der Waals surface area contributed by atoms with E-state index in [0.717, 1.165) is 18.9 Å². The highest BCUT2D eigenvalue weighted by Gasteiger charge is 2.20.